The fourth-order valence-electron chi connectivity index (χ4n) is 0.211. The third kappa shape index (κ3) is 5.81. The van der Waals surface area contributed by atoms with E-state index in [2.05, 4.69) is 15.1 Å². The molecule has 5 nitrogen and oxygen atoms in total. The van der Waals surface area contributed by atoms with Crippen LogP contribution in [0.15, 0.2) is 12.8 Å². The second kappa shape index (κ2) is 3.75. The van der Waals surface area contributed by atoms with Gasteiger partial charge < -0.3 is 4.52 Å². The average Bonchev–Trinajstić information content (AvgIpc) is 1.59. The second-order valence-electron chi connectivity index (χ2n) is 1.32. The van der Waals surface area contributed by atoms with Crippen molar-refractivity contribution in [2.45, 2.75) is 0 Å². The fraction of sp³-hybridized carbons (Fsp3) is 0.333. The molecule has 0 saturated heterocycles. The lowest BCUT2D eigenvalue weighted by molar-refractivity contribution is 0.383. The first-order valence-electron chi connectivity index (χ1n) is 2.16. The van der Waals surface area contributed by atoms with E-state index in [1.165, 1.54) is 0 Å². The highest BCUT2D eigenvalue weighted by Gasteiger charge is 2.07. The van der Waals surface area contributed by atoms with Crippen molar-refractivity contribution in [2.24, 2.45) is 0 Å². The van der Waals surface area contributed by atoms with E-state index >= 15 is 0 Å². The molecule has 7 heteroatoms. The quantitative estimate of drug-likeness (QED) is 0.472. The van der Waals surface area contributed by atoms with Gasteiger partial charge in [0.2, 0.25) is 0 Å². The van der Waals surface area contributed by atoms with Crippen molar-refractivity contribution in [3.63, 3.8) is 0 Å². The summed E-state index contributed by atoms with van der Waals surface area (Å²) in [6, 6.07) is 0. The summed E-state index contributed by atoms with van der Waals surface area (Å²) in [7, 11) is -6.64. The zero-order chi connectivity index (χ0) is 8.20. The lowest BCUT2D eigenvalue weighted by Crippen LogP contribution is -1.95. The van der Waals surface area contributed by atoms with E-state index in [1.54, 1.807) is 0 Å². The number of rotatable bonds is 4. The van der Waals surface area contributed by atoms with Crippen LogP contribution in [-0.4, -0.2) is 14.7 Å². The first-order valence-corrected chi connectivity index (χ1v) is 5.21. The Bertz CT molecular complexity index is 229. The smallest absolute Gasteiger partial charge is 0.381 e. The average molecular weight is 186 g/mol. The van der Waals surface area contributed by atoms with Crippen molar-refractivity contribution in [2.75, 3.05) is 6.26 Å². The van der Waals surface area contributed by atoms with Crippen molar-refractivity contribution >= 4 is 18.4 Å². The minimum atomic E-state index is -3.69. The topological polar surface area (TPSA) is 69.7 Å². The summed E-state index contributed by atoms with van der Waals surface area (Å²) in [6.45, 7) is 3.06. The van der Waals surface area contributed by atoms with E-state index in [4.69, 9.17) is 0 Å². The molecular formula is C3H7O5PS. The van der Waals surface area contributed by atoms with Crippen molar-refractivity contribution in [1.82, 2.24) is 0 Å². The number of hydrogen-bond acceptors (Lipinski definition) is 5. The van der Waals surface area contributed by atoms with Crippen LogP contribution in [-0.2, 0) is 23.2 Å². The Morgan fingerprint density at radius 3 is 2.40 bits per heavy atom. The molecule has 0 saturated carbocycles. The number of hydrogen-bond donors (Lipinski definition) is 0. The van der Waals surface area contributed by atoms with E-state index in [0.29, 0.717) is 0 Å². The lowest BCUT2D eigenvalue weighted by Gasteiger charge is -1.97. The molecule has 0 aliphatic carbocycles. The maximum atomic E-state index is 10.3. The van der Waals surface area contributed by atoms with Crippen molar-refractivity contribution < 1.29 is 21.5 Å². The van der Waals surface area contributed by atoms with Gasteiger partial charge in [-0.05, 0) is 0 Å². The summed E-state index contributed by atoms with van der Waals surface area (Å²) in [4.78, 5) is 0. The summed E-state index contributed by atoms with van der Waals surface area (Å²) in [5, 5.41) is 0. The molecule has 1 atom stereocenters. The third-order valence-electron chi connectivity index (χ3n) is 0.399. The molecule has 0 aliphatic rings. The molecule has 0 amide bonds. The first kappa shape index (κ1) is 9.68. The van der Waals surface area contributed by atoms with Crippen LogP contribution in [0.25, 0.3) is 0 Å². The highest BCUT2D eigenvalue weighted by atomic mass is 32.2. The van der Waals surface area contributed by atoms with Crippen LogP contribution in [0.2, 0.25) is 0 Å². The highest BCUT2D eigenvalue weighted by molar-refractivity contribution is 7.89. The van der Waals surface area contributed by atoms with E-state index in [9.17, 15) is 13.0 Å². The molecule has 0 heterocycles. The first-order chi connectivity index (χ1) is 4.45. The van der Waals surface area contributed by atoms with Gasteiger partial charge in [0, 0.05) is 0 Å². The Balaban J connectivity index is 3.93. The predicted molar refractivity (Wildman–Crippen MR) is 36.2 cm³/mol. The molecular weight excluding hydrogens is 179 g/mol. The molecule has 0 aliphatic heterocycles. The third-order valence-corrected chi connectivity index (χ3v) is 2.51. The molecule has 1 unspecified atom stereocenters. The van der Waals surface area contributed by atoms with Crippen molar-refractivity contribution in [3.05, 3.63) is 12.8 Å². The standard InChI is InChI=1S/C3H7O5PS/c1-3-7-9(4)8-10(2,5)6/h3,9H,1H2,2H3. The highest BCUT2D eigenvalue weighted by Crippen LogP contribution is 2.25. The monoisotopic (exact) mass is 186 g/mol. The van der Waals surface area contributed by atoms with Gasteiger partial charge in [-0.15, -0.1) is 0 Å². The van der Waals surface area contributed by atoms with Crippen LogP contribution in [0, 0.1) is 0 Å². The van der Waals surface area contributed by atoms with Gasteiger partial charge in [-0.25, -0.2) is 4.57 Å². The van der Waals surface area contributed by atoms with Crippen LogP contribution in [0.4, 0.5) is 0 Å². The molecule has 0 radical (unpaired) electrons. The van der Waals surface area contributed by atoms with Crippen molar-refractivity contribution in [3.8, 4) is 0 Å². The molecule has 0 aromatic carbocycles. The van der Waals surface area contributed by atoms with Gasteiger partial charge in [0.05, 0.1) is 12.5 Å². The zero-order valence-electron chi connectivity index (χ0n) is 5.23. The molecule has 0 fully saturated rings. The minimum absolute atomic E-state index is 0.780. The molecule has 0 aromatic heterocycles. The van der Waals surface area contributed by atoms with Crippen LogP contribution in [0.3, 0.4) is 0 Å². The fourth-order valence-corrected chi connectivity index (χ4v) is 1.49. The second-order valence-corrected chi connectivity index (χ2v) is 4.13. The molecule has 0 aromatic rings. The molecule has 0 spiro atoms. The van der Waals surface area contributed by atoms with Gasteiger partial charge in [-0.2, -0.15) is 12.4 Å². The molecule has 0 N–H and O–H groups in total. The summed E-state index contributed by atoms with van der Waals surface area (Å²) in [6.07, 6.45) is 1.63. The van der Waals surface area contributed by atoms with E-state index in [1.807, 2.05) is 0 Å². The van der Waals surface area contributed by atoms with E-state index in [0.717, 1.165) is 12.5 Å². The predicted octanol–water partition coefficient (Wildman–Crippen LogP) is 0.512. The summed E-state index contributed by atoms with van der Waals surface area (Å²) in [5.74, 6) is 0. The van der Waals surface area contributed by atoms with Crippen LogP contribution in [0.5, 0.6) is 0 Å². The Labute approximate surface area is 59.7 Å². The minimum Gasteiger partial charge on any atom is -0.434 e. The molecule has 10 heavy (non-hydrogen) atoms. The summed E-state index contributed by atoms with van der Waals surface area (Å²) < 4.78 is 38.8. The Hall–Kier alpha value is -0.320. The molecule has 0 rings (SSSR count). The van der Waals surface area contributed by atoms with Crippen LogP contribution >= 0.6 is 8.25 Å². The maximum absolute atomic E-state index is 10.3. The lowest BCUT2D eigenvalue weighted by atomic mass is 11.2. The van der Waals surface area contributed by atoms with Gasteiger partial charge in [0.15, 0.2) is 0 Å². The molecule has 60 valence electrons. The van der Waals surface area contributed by atoms with Gasteiger partial charge in [-0.3, -0.25) is 0 Å². The SMILES string of the molecule is C=CO[PH](=O)OS(C)(=O)=O. The van der Waals surface area contributed by atoms with Gasteiger partial charge >= 0.3 is 8.25 Å². The summed E-state index contributed by atoms with van der Waals surface area (Å²) >= 11 is 0. The maximum Gasteiger partial charge on any atom is 0.381 e. The van der Waals surface area contributed by atoms with Gasteiger partial charge in [-0.1, -0.05) is 6.58 Å². The van der Waals surface area contributed by atoms with E-state index < -0.39 is 18.4 Å². The van der Waals surface area contributed by atoms with Gasteiger partial charge in [0.25, 0.3) is 10.1 Å². The summed E-state index contributed by atoms with van der Waals surface area (Å²) in [5.41, 5.74) is 0. The Morgan fingerprint density at radius 2 is 2.10 bits per heavy atom. The van der Waals surface area contributed by atoms with Gasteiger partial charge in [0.1, 0.15) is 0 Å². The van der Waals surface area contributed by atoms with Crippen molar-refractivity contribution in [1.29, 1.82) is 0 Å². The molecule has 0 bridgehead atoms. The van der Waals surface area contributed by atoms with E-state index in [-0.39, 0.29) is 0 Å². The Morgan fingerprint density at radius 1 is 1.60 bits per heavy atom. The zero-order valence-corrected chi connectivity index (χ0v) is 7.05. The largest absolute Gasteiger partial charge is 0.434 e. The van der Waals surface area contributed by atoms with Crippen LogP contribution in [0.1, 0.15) is 0 Å². The Kier molecular flexibility index (Phi) is 3.63. The van der Waals surface area contributed by atoms with Crippen LogP contribution < -0.4 is 0 Å². The normalized spacial score (nSPS) is 14.1.